The van der Waals surface area contributed by atoms with E-state index in [1.807, 2.05) is 0 Å². The molecule has 0 heterocycles. The zero-order chi connectivity index (χ0) is 8.08. The summed E-state index contributed by atoms with van der Waals surface area (Å²) < 4.78 is 0. The molecule has 0 saturated carbocycles. The van der Waals surface area contributed by atoms with Gasteiger partial charge in [0.05, 0.1) is 5.41 Å². The molecule has 0 unspecified atom stereocenters. The van der Waals surface area contributed by atoms with Crippen LogP contribution in [0.25, 0.3) is 0 Å². The van der Waals surface area contributed by atoms with Crippen LogP contribution in [-0.2, 0) is 24.3 Å². The quantitative estimate of drug-likeness (QED) is 0.471. The van der Waals surface area contributed by atoms with Gasteiger partial charge in [-0.2, -0.15) is 0 Å². The molecule has 1 N–H and O–H groups in total. The number of carboxylic acid groups (broad SMARTS) is 1. The Morgan fingerprint density at radius 3 is 1.50 bits per heavy atom. The van der Waals surface area contributed by atoms with Crippen molar-refractivity contribution in [3.8, 4) is 0 Å². The van der Waals surface area contributed by atoms with E-state index in [-0.39, 0.29) is 19.5 Å². The largest absolute Gasteiger partial charge is 0.521 e. The predicted octanol–water partition coefficient (Wildman–Crippen LogP) is 1.72. The summed E-state index contributed by atoms with van der Waals surface area (Å²) in [4.78, 5) is 10.0. The predicted molar refractivity (Wildman–Crippen MR) is 37.0 cm³/mol. The van der Waals surface area contributed by atoms with Gasteiger partial charge in [0.15, 0.2) is 0 Å². The molecular formula is C7H13O2Zn-. The summed E-state index contributed by atoms with van der Waals surface area (Å²) in [5, 5.41) is 8.25. The fourth-order valence-electron chi connectivity index (χ4n) is 0. The van der Waals surface area contributed by atoms with Crippen LogP contribution >= 0.6 is 0 Å². The normalized spacial score (nSPS) is 8.30. The van der Waals surface area contributed by atoms with Gasteiger partial charge in [0.2, 0.25) is 0 Å². The van der Waals surface area contributed by atoms with Gasteiger partial charge in [0.25, 0.3) is 0 Å². The summed E-state index contributed by atoms with van der Waals surface area (Å²) in [6.07, 6.45) is 0. The van der Waals surface area contributed by atoms with Crippen LogP contribution in [-0.4, -0.2) is 11.1 Å². The molecule has 0 fully saturated rings. The van der Waals surface area contributed by atoms with Crippen molar-refractivity contribution in [2.24, 2.45) is 5.41 Å². The van der Waals surface area contributed by atoms with Crippen molar-refractivity contribution in [1.82, 2.24) is 0 Å². The summed E-state index contributed by atoms with van der Waals surface area (Å²) in [6, 6.07) is 0. The van der Waals surface area contributed by atoms with E-state index in [1.54, 1.807) is 20.8 Å². The Morgan fingerprint density at radius 2 is 1.50 bits per heavy atom. The fraction of sp³-hybridized carbons (Fsp3) is 0.571. The van der Waals surface area contributed by atoms with Crippen LogP contribution in [0.5, 0.6) is 0 Å². The maximum absolute atomic E-state index is 10.0. The minimum atomic E-state index is -0.757. The molecule has 0 aliphatic rings. The molecule has 0 bridgehead atoms. The zero-order valence-electron chi connectivity index (χ0n) is 6.85. The average Bonchev–Trinajstić information content (AvgIpc) is 1.69. The summed E-state index contributed by atoms with van der Waals surface area (Å²) in [5.74, 6) is -0.757. The molecule has 0 saturated heterocycles. The fourth-order valence-corrected chi connectivity index (χ4v) is 0. The van der Waals surface area contributed by atoms with Crippen LogP contribution in [0.4, 0.5) is 0 Å². The zero-order valence-corrected chi connectivity index (χ0v) is 9.81. The summed E-state index contributed by atoms with van der Waals surface area (Å²) in [7, 11) is 0. The molecule has 0 aromatic carbocycles. The standard InChI is InChI=1S/C5H10O2.C2H3.Zn/c1-5(2,3)4(6)7;1-2;/h1-3H3,(H,6,7);1H,2H2;/q;-1;. The molecule has 3 heteroatoms. The number of hydrogen-bond acceptors (Lipinski definition) is 1. The molecule has 0 amide bonds. The third-order valence-corrected chi connectivity index (χ3v) is 0.642. The number of carbonyl (C=O) groups is 1. The van der Waals surface area contributed by atoms with Gasteiger partial charge < -0.3 is 11.7 Å². The minimum absolute atomic E-state index is 0. The Balaban J connectivity index is -0.000000149. The van der Waals surface area contributed by atoms with E-state index in [0.717, 1.165) is 0 Å². The van der Waals surface area contributed by atoms with Gasteiger partial charge in [-0.3, -0.25) is 11.4 Å². The summed E-state index contributed by atoms with van der Waals surface area (Å²) >= 11 is 0. The van der Waals surface area contributed by atoms with Crippen LogP contribution < -0.4 is 0 Å². The topological polar surface area (TPSA) is 37.3 Å². The van der Waals surface area contributed by atoms with Gasteiger partial charge in [-0.25, -0.2) is 0 Å². The van der Waals surface area contributed by atoms with Crippen LogP contribution in [0.3, 0.4) is 0 Å². The first-order chi connectivity index (χ1) is 3.94. The maximum atomic E-state index is 10.0. The van der Waals surface area contributed by atoms with E-state index in [4.69, 9.17) is 5.11 Å². The van der Waals surface area contributed by atoms with Crippen molar-refractivity contribution in [2.45, 2.75) is 20.8 Å². The second-order valence-corrected chi connectivity index (χ2v) is 2.56. The van der Waals surface area contributed by atoms with Crippen LogP contribution in [0, 0.1) is 12.0 Å². The third-order valence-electron chi connectivity index (χ3n) is 0.642. The molecule has 0 radical (unpaired) electrons. The Kier molecular flexibility index (Phi) is 11.4. The van der Waals surface area contributed by atoms with Crippen molar-refractivity contribution in [3.63, 3.8) is 0 Å². The van der Waals surface area contributed by atoms with E-state index < -0.39 is 11.4 Å². The molecule has 2 nitrogen and oxygen atoms in total. The molecule has 10 heavy (non-hydrogen) atoms. The SMILES string of the molecule is CC(C)(C)C(=O)O.[CH-]=C.[Zn]. The Labute approximate surface area is 75.1 Å². The monoisotopic (exact) mass is 193 g/mol. The van der Waals surface area contributed by atoms with Crippen molar-refractivity contribution < 1.29 is 29.4 Å². The van der Waals surface area contributed by atoms with Crippen molar-refractivity contribution in [2.75, 3.05) is 0 Å². The van der Waals surface area contributed by atoms with Crippen molar-refractivity contribution >= 4 is 5.97 Å². The van der Waals surface area contributed by atoms with Gasteiger partial charge in [-0.05, 0) is 20.8 Å². The number of rotatable bonds is 0. The summed E-state index contributed by atoms with van der Waals surface area (Å²) in [5.41, 5.74) is -0.583. The van der Waals surface area contributed by atoms with Crippen LogP contribution in [0.15, 0.2) is 6.58 Å². The molecule has 0 rings (SSSR count). The van der Waals surface area contributed by atoms with Gasteiger partial charge in [-0.15, -0.1) is 0 Å². The van der Waals surface area contributed by atoms with E-state index in [0.29, 0.717) is 0 Å². The van der Waals surface area contributed by atoms with E-state index >= 15 is 0 Å². The number of aliphatic carboxylic acids is 1. The molecule has 0 aromatic heterocycles. The van der Waals surface area contributed by atoms with E-state index in [9.17, 15) is 4.79 Å². The molecule has 56 valence electrons. The Hall–Kier alpha value is -0.167. The molecular weight excluding hydrogens is 181 g/mol. The van der Waals surface area contributed by atoms with Crippen LogP contribution in [0.2, 0.25) is 0 Å². The first kappa shape index (κ1) is 16.4. The minimum Gasteiger partial charge on any atom is -0.521 e. The Morgan fingerprint density at radius 1 is 1.40 bits per heavy atom. The number of hydrogen-bond donors (Lipinski definition) is 1. The summed E-state index contributed by atoms with van der Waals surface area (Å²) in [6.45, 7) is 12.0. The van der Waals surface area contributed by atoms with Gasteiger partial charge in [0.1, 0.15) is 0 Å². The van der Waals surface area contributed by atoms with Gasteiger partial charge in [-0.1, -0.05) is 0 Å². The third kappa shape index (κ3) is 10.7. The molecule has 0 spiro atoms. The van der Waals surface area contributed by atoms with Gasteiger partial charge in [0, 0.05) is 19.5 Å². The molecule has 0 aliphatic heterocycles. The van der Waals surface area contributed by atoms with E-state index in [2.05, 4.69) is 13.2 Å². The molecule has 0 aliphatic carbocycles. The van der Waals surface area contributed by atoms with Crippen LogP contribution in [0.1, 0.15) is 20.8 Å². The number of carboxylic acids is 1. The second-order valence-electron chi connectivity index (χ2n) is 2.56. The van der Waals surface area contributed by atoms with Crippen molar-refractivity contribution in [3.05, 3.63) is 13.2 Å². The smallest absolute Gasteiger partial charge is 0.308 e. The van der Waals surface area contributed by atoms with Gasteiger partial charge >= 0.3 is 5.97 Å². The first-order valence-electron chi connectivity index (χ1n) is 2.59. The average molecular weight is 195 g/mol. The maximum Gasteiger partial charge on any atom is 0.308 e. The Bertz CT molecular complexity index is 94.3. The molecule has 0 atom stereocenters. The first-order valence-corrected chi connectivity index (χ1v) is 2.59. The van der Waals surface area contributed by atoms with E-state index in [1.165, 1.54) is 0 Å². The van der Waals surface area contributed by atoms with Crippen molar-refractivity contribution in [1.29, 1.82) is 0 Å². The second kappa shape index (κ2) is 6.95. The molecule has 0 aromatic rings.